The van der Waals surface area contributed by atoms with E-state index in [-0.39, 0.29) is 54.5 Å². The standard InChI is InChI=1S/C36H37N5O8/c1-18-8-7-9-21(31(18)43)30-20-10-13-40-34(46)39(35(47)41(40)25(20)15-22-27(42)14-19(2)32(44)36(22,30)3)12-11-23-33(45)38(4)26-17-29(49-6)28(48-5)16-24(26)37-23/h7-10,14,16-17,22,25,30,43H,11-13,15H2,1-6H3. The Kier molecular flexibility index (Phi) is 7.41. The number of rotatable bonds is 6. The first kappa shape index (κ1) is 32.1. The zero-order valence-corrected chi connectivity index (χ0v) is 28.1. The van der Waals surface area contributed by atoms with Crippen molar-refractivity contribution in [2.75, 3.05) is 14.2 Å². The number of ether oxygens (including phenoxy) is 2. The number of fused-ring (bicyclic) bond motifs is 5. The van der Waals surface area contributed by atoms with Gasteiger partial charge in [0, 0.05) is 49.5 Å². The number of hydrogen-bond donors (Lipinski definition) is 1. The highest BCUT2D eigenvalue weighted by molar-refractivity contribution is 6.13. The third-order valence-corrected chi connectivity index (χ3v) is 10.8. The summed E-state index contributed by atoms with van der Waals surface area (Å²) in [6, 6.07) is 7.91. The van der Waals surface area contributed by atoms with Crippen molar-refractivity contribution in [3.8, 4) is 17.2 Å². The largest absolute Gasteiger partial charge is 0.507 e. The lowest BCUT2D eigenvalue weighted by atomic mass is 9.50. The summed E-state index contributed by atoms with van der Waals surface area (Å²) in [5.41, 5.74) is 0.584. The number of methoxy groups -OCH3 is 2. The second-order valence-electron chi connectivity index (χ2n) is 13.3. The molecule has 13 nitrogen and oxygen atoms in total. The number of carbonyl (C=O) groups excluding carboxylic acids is 2. The Morgan fingerprint density at radius 1 is 1.02 bits per heavy atom. The first-order chi connectivity index (χ1) is 23.3. The molecule has 2 aliphatic carbocycles. The number of para-hydroxylation sites is 1. The fourth-order valence-corrected chi connectivity index (χ4v) is 8.24. The Morgan fingerprint density at radius 3 is 2.45 bits per heavy atom. The van der Waals surface area contributed by atoms with Gasteiger partial charge in [-0.3, -0.25) is 14.4 Å². The van der Waals surface area contributed by atoms with E-state index in [1.165, 1.54) is 34.2 Å². The molecule has 13 heteroatoms. The number of benzene rings is 2. The minimum Gasteiger partial charge on any atom is -0.507 e. The number of hydrogen-bond acceptors (Lipinski definition) is 9. The van der Waals surface area contributed by atoms with Crippen LogP contribution in [-0.4, -0.2) is 54.4 Å². The van der Waals surface area contributed by atoms with Gasteiger partial charge < -0.3 is 19.1 Å². The van der Waals surface area contributed by atoms with Gasteiger partial charge in [0.05, 0.1) is 43.3 Å². The highest BCUT2D eigenvalue weighted by atomic mass is 16.5. The van der Waals surface area contributed by atoms with E-state index in [1.54, 1.807) is 58.2 Å². The molecule has 0 saturated heterocycles. The van der Waals surface area contributed by atoms with E-state index in [2.05, 4.69) is 4.98 Å². The third kappa shape index (κ3) is 4.51. The van der Waals surface area contributed by atoms with Crippen LogP contribution in [0.1, 0.15) is 49.0 Å². The van der Waals surface area contributed by atoms with Crippen LogP contribution in [0.5, 0.6) is 17.2 Å². The summed E-state index contributed by atoms with van der Waals surface area (Å²) >= 11 is 0. The van der Waals surface area contributed by atoms with E-state index in [0.717, 1.165) is 4.57 Å². The van der Waals surface area contributed by atoms with Crippen LogP contribution in [0.25, 0.3) is 11.0 Å². The molecule has 254 valence electrons. The van der Waals surface area contributed by atoms with Crippen molar-refractivity contribution in [1.29, 1.82) is 0 Å². The van der Waals surface area contributed by atoms with Gasteiger partial charge in [0.15, 0.2) is 23.1 Å². The van der Waals surface area contributed by atoms with Crippen LogP contribution in [0.3, 0.4) is 0 Å². The molecule has 1 saturated carbocycles. The van der Waals surface area contributed by atoms with Crippen molar-refractivity contribution in [2.45, 2.75) is 58.7 Å². The Morgan fingerprint density at radius 2 is 1.73 bits per heavy atom. The lowest BCUT2D eigenvalue weighted by Crippen LogP contribution is -2.54. The number of allylic oxidation sites excluding steroid dienone is 4. The minimum absolute atomic E-state index is 0.00137. The highest BCUT2D eigenvalue weighted by Gasteiger charge is 2.60. The van der Waals surface area contributed by atoms with Gasteiger partial charge in [-0.05, 0) is 43.1 Å². The number of phenolic OH excluding ortho intramolecular Hbond substituents is 1. The number of phenols is 1. The van der Waals surface area contributed by atoms with Gasteiger partial charge in [-0.25, -0.2) is 28.5 Å². The lowest BCUT2D eigenvalue weighted by Gasteiger charge is -2.52. The molecule has 2 aromatic heterocycles. The van der Waals surface area contributed by atoms with Crippen LogP contribution >= 0.6 is 0 Å². The fourth-order valence-electron chi connectivity index (χ4n) is 8.24. The molecule has 3 aliphatic rings. The second kappa shape index (κ2) is 11.3. The smallest absolute Gasteiger partial charge is 0.347 e. The van der Waals surface area contributed by atoms with E-state index >= 15 is 0 Å². The average molecular weight is 668 g/mol. The summed E-state index contributed by atoms with van der Waals surface area (Å²) in [6.07, 6.45) is 3.33. The van der Waals surface area contributed by atoms with Crippen LogP contribution in [-0.2, 0) is 36.1 Å². The van der Waals surface area contributed by atoms with Crippen LogP contribution in [0.4, 0.5) is 0 Å². The van der Waals surface area contributed by atoms with E-state index in [0.29, 0.717) is 44.8 Å². The van der Waals surface area contributed by atoms with E-state index in [1.807, 2.05) is 6.08 Å². The van der Waals surface area contributed by atoms with Crippen molar-refractivity contribution in [1.82, 2.24) is 23.5 Å². The first-order valence-corrected chi connectivity index (χ1v) is 16.1. The van der Waals surface area contributed by atoms with Crippen LogP contribution < -0.4 is 26.4 Å². The first-order valence-electron chi connectivity index (χ1n) is 16.1. The topological polar surface area (TPSA) is 157 Å². The number of aromatic hydroxyl groups is 1. The van der Waals surface area contributed by atoms with Crippen molar-refractivity contribution in [3.05, 3.63) is 102 Å². The highest BCUT2D eigenvalue weighted by Crippen LogP contribution is 2.60. The van der Waals surface area contributed by atoms with E-state index in [4.69, 9.17) is 9.47 Å². The molecule has 1 aliphatic heterocycles. The quantitative estimate of drug-likeness (QED) is 0.306. The van der Waals surface area contributed by atoms with Crippen molar-refractivity contribution < 1.29 is 24.2 Å². The average Bonchev–Trinajstić information content (AvgIpc) is 3.33. The second-order valence-corrected chi connectivity index (χ2v) is 13.3. The van der Waals surface area contributed by atoms with Gasteiger partial charge in [0.2, 0.25) is 0 Å². The number of Topliss-reactive ketones (excluding diaryl/α,β-unsaturated/α-hetero) is 1. The Balaban J connectivity index is 1.31. The zero-order valence-electron chi connectivity index (χ0n) is 28.1. The maximum atomic E-state index is 14.2. The summed E-state index contributed by atoms with van der Waals surface area (Å²) in [5, 5.41) is 11.3. The van der Waals surface area contributed by atoms with Crippen molar-refractivity contribution >= 4 is 22.6 Å². The van der Waals surface area contributed by atoms with Gasteiger partial charge >= 0.3 is 11.4 Å². The zero-order chi connectivity index (χ0) is 35.1. The van der Waals surface area contributed by atoms with E-state index < -0.39 is 34.7 Å². The SMILES string of the molecule is COc1cc2nc(CCn3c(=O)n4n(c3=O)C3CC5C(=O)C=C(C)C(=O)C5(C)C(c5cccc(C)c5O)C3=CC4)c(=O)n(C)c2cc1OC. The molecule has 3 heterocycles. The Hall–Kier alpha value is -5.46. The van der Waals surface area contributed by atoms with E-state index in [9.17, 15) is 29.1 Å². The predicted molar refractivity (Wildman–Crippen MR) is 179 cm³/mol. The summed E-state index contributed by atoms with van der Waals surface area (Å²) in [6.45, 7) is 5.10. The van der Waals surface area contributed by atoms with Gasteiger partial charge in [-0.15, -0.1) is 0 Å². The molecule has 0 radical (unpaired) electrons. The molecule has 4 aromatic rings. The molecule has 1 N–H and O–H groups in total. The molecule has 4 atom stereocenters. The molecule has 1 fully saturated rings. The minimum atomic E-state index is -1.22. The summed E-state index contributed by atoms with van der Waals surface area (Å²) in [5.74, 6) is -1.03. The summed E-state index contributed by atoms with van der Waals surface area (Å²) in [4.78, 5) is 73.4. The Bertz CT molecular complexity index is 2360. The van der Waals surface area contributed by atoms with Gasteiger partial charge in [-0.2, -0.15) is 0 Å². The van der Waals surface area contributed by atoms with Gasteiger partial charge in [0.1, 0.15) is 11.4 Å². The molecule has 4 unspecified atom stereocenters. The number of ketones is 2. The van der Waals surface area contributed by atoms with Gasteiger partial charge in [-0.1, -0.05) is 31.2 Å². The number of nitrogens with zero attached hydrogens (tertiary/aromatic N) is 5. The van der Waals surface area contributed by atoms with Crippen molar-refractivity contribution in [3.63, 3.8) is 0 Å². The third-order valence-electron chi connectivity index (χ3n) is 10.8. The van der Waals surface area contributed by atoms with Crippen LogP contribution in [0, 0.1) is 18.3 Å². The molecule has 0 amide bonds. The fraction of sp³-hybridized carbons (Fsp3) is 0.389. The molecule has 49 heavy (non-hydrogen) atoms. The number of carbonyl (C=O) groups is 2. The van der Waals surface area contributed by atoms with Crippen LogP contribution in [0.2, 0.25) is 0 Å². The maximum absolute atomic E-state index is 14.2. The molecular formula is C36H37N5O8. The molecule has 2 aromatic carbocycles. The molecular weight excluding hydrogens is 630 g/mol. The molecule has 7 rings (SSSR count). The predicted octanol–water partition coefficient (Wildman–Crippen LogP) is 2.72. The lowest BCUT2D eigenvalue weighted by molar-refractivity contribution is -0.139. The molecule has 0 spiro atoms. The normalized spacial score (nSPS) is 23.0. The Labute approximate surface area is 280 Å². The molecule has 0 bridgehead atoms. The van der Waals surface area contributed by atoms with Crippen LogP contribution in [0.15, 0.2) is 68.0 Å². The summed E-state index contributed by atoms with van der Waals surface area (Å²) in [7, 11) is 4.61. The monoisotopic (exact) mass is 667 g/mol. The summed E-state index contributed by atoms with van der Waals surface area (Å²) < 4.78 is 16.0. The number of aromatic nitrogens is 5. The van der Waals surface area contributed by atoms with Gasteiger partial charge in [0.25, 0.3) is 5.56 Å². The maximum Gasteiger partial charge on any atom is 0.347 e. The number of aryl methyl sites for hydroxylation is 3. The van der Waals surface area contributed by atoms with Crippen molar-refractivity contribution in [2.24, 2.45) is 18.4 Å².